The minimum atomic E-state index is -0.560. The van der Waals surface area contributed by atoms with Gasteiger partial charge in [-0.15, -0.1) is 0 Å². The second-order valence-electron chi connectivity index (χ2n) is 4.70. The maximum absolute atomic E-state index is 13.1. The second kappa shape index (κ2) is 5.83. The van der Waals surface area contributed by atoms with E-state index in [2.05, 4.69) is 15.3 Å². The van der Waals surface area contributed by atoms with Crippen LogP contribution in [0.1, 0.15) is 5.56 Å². The molecular formula is C16H13F2N3. The van der Waals surface area contributed by atoms with Gasteiger partial charge in [0.2, 0.25) is 0 Å². The third kappa shape index (κ3) is 3.31. The molecule has 0 amide bonds. The first-order chi connectivity index (χ1) is 10.2. The van der Waals surface area contributed by atoms with Gasteiger partial charge in [-0.1, -0.05) is 12.1 Å². The molecule has 0 saturated heterocycles. The number of fused-ring (bicyclic) bond motifs is 1. The summed E-state index contributed by atoms with van der Waals surface area (Å²) in [6.45, 7) is 0.524. The van der Waals surface area contributed by atoms with Crippen molar-refractivity contribution in [3.05, 3.63) is 65.9 Å². The first-order valence-corrected chi connectivity index (χ1v) is 6.61. The number of nitrogens with one attached hydrogen (secondary N) is 1. The topological polar surface area (TPSA) is 37.8 Å². The van der Waals surface area contributed by atoms with Crippen LogP contribution in [-0.2, 0) is 6.42 Å². The van der Waals surface area contributed by atoms with Crippen LogP contribution in [0.15, 0.2) is 48.7 Å². The summed E-state index contributed by atoms with van der Waals surface area (Å²) < 4.78 is 26.1. The molecule has 3 rings (SSSR count). The predicted molar refractivity (Wildman–Crippen MR) is 78.1 cm³/mol. The predicted octanol–water partition coefficient (Wildman–Crippen LogP) is 3.56. The van der Waals surface area contributed by atoms with Gasteiger partial charge in [-0.2, -0.15) is 0 Å². The molecule has 0 aliphatic carbocycles. The Kier molecular flexibility index (Phi) is 3.73. The average molecular weight is 285 g/mol. The van der Waals surface area contributed by atoms with E-state index in [1.54, 1.807) is 6.20 Å². The molecule has 0 aliphatic rings. The number of rotatable bonds is 4. The number of hydrogen-bond donors (Lipinski definition) is 1. The molecule has 1 aromatic heterocycles. The Labute approximate surface area is 120 Å². The van der Waals surface area contributed by atoms with Gasteiger partial charge in [0.25, 0.3) is 0 Å². The third-order valence-electron chi connectivity index (χ3n) is 3.09. The molecule has 3 nitrogen and oxygen atoms in total. The maximum Gasteiger partial charge on any atom is 0.145 e. The Bertz CT molecular complexity index is 754. The van der Waals surface area contributed by atoms with Gasteiger partial charge >= 0.3 is 0 Å². The summed E-state index contributed by atoms with van der Waals surface area (Å²) in [5.41, 5.74) is 2.24. The monoisotopic (exact) mass is 285 g/mol. The van der Waals surface area contributed by atoms with Gasteiger partial charge in [0, 0.05) is 12.6 Å². The van der Waals surface area contributed by atoms with Gasteiger partial charge in [0.05, 0.1) is 17.2 Å². The molecule has 0 spiro atoms. The van der Waals surface area contributed by atoms with Gasteiger partial charge in [-0.05, 0) is 36.2 Å². The highest BCUT2D eigenvalue weighted by molar-refractivity contribution is 5.75. The molecule has 0 saturated carbocycles. The van der Waals surface area contributed by atoms with Crippen molar-refractivity contribution < 1.29 is 8.78 Å². The zero-order chi connectivity index (χ0) is 14.7. The molecule has 5 heteroatoms. The number of para-hydroxylation sites is 2. The molecular weight excluding hydrogens is 272 g/mol. The SMILES string of the molecule is Fc1cc(F)cc(CCNc2cnc3ccccc3n2)c1. The fourth-order valence-electron chi connectivity index (χ4n) is 2.13. The quantitative estimate of drug-likeness (QED) is 0.796. The lowest BCUT2D eigenvalue weighted by Crippen LogP contribution is -2.07. The molecule has 1 heterocycles. The molecule has 0 bridgehead atoms. The Morgan fingerprint density at radius 1 is 0.952 bits per heavy atom. The van der Waals surface area contributed by atoms with Crippen LogP contribution < -0.4 is 5.32 Å². The molecule has 0 unspecified atom stereocenters. The van der Waals surface area contributed by atoms with Crippen LogP contribution in [0.2, 0.25) is 0 Å². The van der Waals surface area contributed by atoms with Gasteiger partial charge in [-0.3, -0.25) is 4.98 Å². The van der Waals surface area contributed by atoms with Gasteiger partial charge in [-0.25, -0.2) is 13.8 Å². The van der Waals surface area contributed by atoms with Crippen LogP contribution in [0, 0.1) is 11.6 Å². The molecule has 1 N–H and O–H groups in total. The minimum Gasteiger partial charge on any atom is -0.368 e. The standard InChI is InChI=1S/C16H13F2N3/c17-12-7-11(8-13(18)9-12)5-6-19-16-10-20-14-3-1-2-4-15(14)21-16/h1-4,7-10H,5-6H2,(H,19,21). The number of anilines is 1. The first kappa shape index (κ1) is 13.4. The number of hydrogen-bond acceptors (Lipinski definition) is 3. The van der Waals surface area contributed by atoms with E-state index in [9.17, 15) is 8.78 Å². The van der Waals surface area contributed by atoms with Crippen molar-refractivity contribution in [2.45, 2.75) is 6.42 Å². The van der Waals surface area contributed by atoms with Crippen molar-refractivity contribution in [1.29, 1.82) is 0 Å². The summed E-state index contributed by atoms with van der Waals surface area (Å²) >= 11 is 0. The van der Waals surface area contributed by atoms with Gasteiger partial charge in [0.15, 0.2) is 0 Å². The van der Waals surface area contributed by atoms with Crippen molar-refractivity contribution in [3.8, 4) is 0 Å². The zero-order valence-corrected chi connectivity index (χ0v) is 11.2. The second-order valence-corrected chi connectivity index (χ2v) is 4.70. The van der Waals surface area contributed by atoms with Crippen LogP contribution in [-0.4, -0.2) is 16.5 Å². The number of aromatic nitrogens is 2. The lowest BCUT2D eigenvalue weighted by Gasteiger charge is -2.06. The highest BCUT2D eigenvalue weighted by Gasteiger charge is 2.02. The van der Waals surface area contributed by atoms with Crippen molar-refractivity contribution >= 4 is 16.9 Å². The van der Waals surface area contributed by atoms with E-state index in [-0.39, 0.29) is 0 Å². The summed E-state index contributed by atoms with van der Waals surface area (Å²) in [7, 11) is 0. The summed E-state index contributed by atoms with van der Waals surface area (Å²) in [6, 6.07) is 11.1. The highest BCUT2D eigenvalue weighted by Crippen LogP contribution is 2.12. The van der Waals surface area contributed by atoms with Crippen LogP contribution in [0.5, 0.6) is 0 Å². The summed E-state index contributed by atoms with van der Waals surface area (Å²) in [5.74, 6) is -0.475. The summed E-state index contributed by atoms with van der Waals surface area (Å²) in [6.07, 6.45) is 2.15. The normalized spacial score (nSPS) is 10.8. The number of halogens is 2. The van der Waals surface area contributed by atoms with Crippen LogP contribution >= 0.6 is 0 Å². The fraction of sp³-hybridized carbons (Fsp3) is 0.125. The lowest BCUT2D eigenvalue weighted by atomic mass is 10.1. The molecule has 0 aliphatic heterocycles. The highest BCUT2D eigenvalue weighted by atomic mass is 19.1. The molecule has 0 atom stereocenters. The summed E-state index contributed by atoms with van der Waals surface area (Å²) in [5, 5.41) is 3.11. The van der Waals surface area contributed by atoms with Gasteiger partial charge in [0.1, 0.15) is 17.5 Å². The van der Waals surface area contributed by atoms with Gasteiger partial charge < -0.3 is 5.32 Å². The number of nitrogens with zero attached hydrogens (tertiary/aromatic N) is 2. The summed E-state index contributed by atoms with van der Waals surface area (Å²) in [4.78, 5) is 8.71. The maximum atomic E-state index is 13.1. The van der Waals surface area contributed by atoms with E-state index in [0.717, 1.165) is 17.1 Å². The molecule has 106 valence electrons. The first-order valence-electron chi connectivity index (χ1n) is 6.61. The van der Waals surface area contributed by atoms with E-state index in [4.69, 9.17) is 0 Å². The van der Waals surface area contributed by atoms with Crippen molar-refractivity contribution in [3.63, 3.8) is 0 Å². The average Bonchev–Trinajstić information content (AvgIpc) is 2.46. The van der Waals surface area contributed by atoms with E-state index < -0.39 is 11.6 Å². The smallest absolute Gasteiger partial charge is 0.145 e. The Hall–Kier alpha value is -2.56. The minimum absolute atomic E-state index is 0.503. The van der Waals surface area contributed by atoms with Crippen molar-refractivity contribution in [2.75, 3.05) is 11.9 Å². The van der Waals surface area contributed by atoms with E-state index in [1.807, 2.05) is 24.3 Å². The molecule has 21 heavy (non-hydrogen) atoms. The Morgan fingerprint density at radius 3 is 2.43 bits per heavy atom. The molecule has 0 fully saturated rings. The molecule has 3 aromatic rings. The Balaban J connectivity index is 1.66. The molecule has 0 radical (unpaired) electrons. The van der Waals surface area contributed by atoms with Crippen LogP contribution in [0.3, 0.4) is 0 Å². The molecule has 2 aromatic carbocycles. The fourth-order valence-corrected chi connectivity index (χ4v) is 2.13. The van der Waals surface area contributed by atoms with E-state index in [1.165, 1.54) is 12.1 Å². The largest absolute Gasteiger partial charge is 0.368 e. The number of benzene rings is 2. The van der Waals surface area contributed by atoms with Crippen LogP contribution in [0.25, 0.3) is 11.0 Å². The van der Waals surface area contributed by atoms with Crippen molar-refractivity contribution in [2.24, 2.45) is 0 Å². The van der Waals surface area contributed by atoms with Crippen LogP contribution in [0.4, 0.5) is 14.6 Å². The van der Waals surface area contributed by atoms with E-state index >= 15 is 0 Å². The van der Waals surface area contributed by atoms with E-state index in [0.29, 0.717) is 24.3 Å². The lowest BCUT2D eigenvalue weighted by molar-refractivity contribution is 0.580. The van der Waals surface area contributed by atoms with Crippen molar-refractivity contribution in [1.82, 2.24) is 9.97 Å². The zero-order valence-electron chi connectivity index (χ0n) is 11.2. The third-order valence-corrected chi connectivity index (χ3v) is 3.09. The Morgan fingerprint density at radius 2 is 1.67 bits per heavy atom.